The highest BCUT2D eigenvalue weighted by Gasteiger charge is 2.16. The van der Waals surface area contributed by atoms with Crippen LogP contribution in [-0.2, 0) is 4.79 Å². The van der Waals surface area contributed by atoms with Gasteiger partial charge in [0.05, 0.1) is 0 Å². The van der Waals surface area contributed by atoms with Crippen molar-refractivity contribution >= 4 is 5.78 Å². The van der Waals surface area contributed by atoms with Gasteiger partial charge in [0.2, 0.25) is 0 Å². The molecule has 13 heavy (non-hydrogen) atoms. The van der Waals surface area contributed by atoms with E-state index < -0.39 is 0 Å². The van der Waals surface area contributed by atoms with E-state index in [1.54, 1.807) is 0 Å². The zero-order valence-electron chi connectivity index (χ0n) is 7.73. The quantitative estimate of drug-likeness (QED) is 0.762. The Morgan fingerprint density at radius 2 is 2.00 bits per heavy atom. The Hall–Kier alpha value is -1.15. The molecule has 0 saturated carbocycles. The van der Waals surface area contributed by atoms with Crippen LogP contribution in [0.4, 0.5) is 0 Å². The molecule has 0 aliphatic heterocycles. The number of Topliss-reactive ketones (excluding diaryl/α,β-unsaturated/α-hetero) is 1. The van der Waals surface area contributed by atoms with Crippen molar-refractivity contribution < 1.29 is 9.90 Å². The minimum Gasteiger partial charge on any atom is -0.389 e. The Kier molecular flexibility index (Phi) is 3.65. The number of aliphatic hydroxyl groups excluding tert-OH is 1. The van der Waals surface area contributed by atoms with E-state index in [4.69, 9.17) is 5.11 Å². The maximum atomic E-state index is 11.3. The molecule has 0 aliphatic rings. The van der Waals surface area contributed by atoms with Gasteiger partial charge in [0, 0.05) is 5.92 Å². The van der Waals surface area contributed by atoms with E-state index in [2.05, 4.69) is 0 Å². The normalized spacial score (nSPS) is 12.5. The molecule has 1 aromatic carbocycles. The maximum Gasteiger partial charge on any atom is 0.165 e. The first-order chi connectivity index (χ1) is 6.29. The molecule has 2 nitrogen and oxygen atoms in total. The molecule has 0 radical (unpaired) electrons. The molecule has 1 N–H and O–H groups in total. The predicted octanol–water partition coefficient (Wildman–Crippen LogP) is 1.74. The van der Waals surface area contributed by atoms with Crippen molar-refractivity contribution in [1.29, 1.82) is 0 Å². The van der Waals surface area contributed by atoms with Gasteiger partial charge in [0.1, 0.15) is 6.61 Å². The summed E-state index contributed by atoms with van der Waals surface area (Å²) in [5.41, 5.74) is 0.990. The smallest absolute Gasteiger partial charge is 0.165 e. The SMILES string of the molecule is CCC(C(=O)CO)c1ccccc1. The number of hydrogen-bond acceptors (Lipinski definition) is 2. The molecule has 0 aromatic heterocycles. The van der Waals surface area contributed by atoms with Crippen molar-refractivity contribution in [3.8, 4) is 0 Å². The van der Waals surface area contributed by atoms with E-state index in [0.29, 0.717) is 0 Å². The van der Waals surface area contributed by atoms with Gasteiger partial charge in [-0.05, 0) is 12.0 Å². The van der Waals surface area contributed by atoms with Crippen molar-refractivity contribution in [1.82, 2.24) is 0 Å². The fourth-order valence-electron chi connectivity index (χ4n) is 1.44. The first kappa shape index (κ1) is 9.93. The number of rotatable bonds is 4. The highest BCUT2D eigenvalue weighted by Crippen LogP contribution is 2.19. The second-order valence-electron chi connectivity index (χ2n) is 3.00. The van der Waals surface area contributed by atoms with Crippen LogP contribution < -0.4 is 0 Å². The van der Waals surface area contributed by atoms with Gasteiger partial charge < -0.3 is 5.11 Å². The molecular formula is C11H14O2. The van der Waals surface area contributed by atoms with Crippen LogP contribution in [0.2, 0.25) is 0 Å². The van der Waals surface area contributed by atoms with Gasteiger partial charge in [-0.3, -0.25) is 4.79 Å². The minimum atomic E-state index is -0.368. The van der Waals surface area contributed by atoms with Crippen molar-refractivity contribution in [2.24, 2.45) is 0 Å². The van der Waals surface area contributed by atoms with E-state index >= 15 is 0 Å². The molecule has 0 fully saturated rings. The molecular weight excluding hydrogens is 164 g/mol. The molecule has 0 aliphatic carbocycles. The van der Waals surface area contributed by atoms with Crippen molar-refractivity contribution in [3.05, 3.63) is 35.9 Å². The maximum absolute atomic E-state index is 11.3. The molecule has 0 bridgehead atoms. The third-order valence-electron chi connectivity index (χ3n) is 2.15. The first-order valence-electron chi connectivity index (χ1n) is 4.48. The number of carbonyl (C=O) groups excluding carboxylic acids is 1. The zero-order chi connectivity index (χ0) is 9.68. The molecule has 1 unspecified atom stereocenters. The van der Waals surface area contributed by atoms with Crippen molar-refractivity contribution in [2.45, 2.75) is 19.3 Å². The number of benzene rings is 1. The monoisotopic (exact) mass is 178 g/mol. The van der Waals surface area contributed by atoms with Crippen molar-refractivity contribution in [3.63, 3.8) is 0 Å². The van der Waals surface area contributed by atoms with Crippen LogP contribution in [0.1, 0.15) is 24.8 Å². The first-order valence-corrected chi connectivity index (χ1v) is 4.48. The third-order valence-corrected chi connectivity index (χ3v) is 2.15. The molecule has 2 heteroatoms. The van der Waals surface area contributed by atoms with Gasteiger partial charge >= 0.3 is 0 Å². The lowest BCUT2D eigenvalue weighted by Crippen LogP contribution is -2.15. The van der Waals surface area contributed by atoms with Gasteiger partial charge in [-0.1, -0.05) is 37.3 Å². The van der Waals surface area contributed by atoms with Crippen LogP contribution in [-0.4, -0.2) is 17.5 Å². The highest BCUT2D eigenvalue weighted by molar-refractivity contribution is 5.86. The molecule has 0 saturated heterocycles. The summed E-state index contributed by atoms with van der Waals surface area (Å²) in [5, 5.41) is 8.75. The summed E-state index contributed by atoms with van der Waals surface area (Å²) >= 11 is 0. The van der Waals surface area contributed by atoms with Crippen LogP contribution in [0, 0.1) is 0 Å². The second-order valence-corrected chi connectivity index (χ2v) is 3.00. The molecule has 1 aromatic rings. The lowest BCUT2D eigenvalue weighted by Gasteiger charge is -2.11. The van der Waals surface area contributed by atoms with E-state index in [9.17, 15) is 4.79 Å². The largest absolute Gasteiger partial charge is 0.389 e. The zero-order valence-corrected chi connectivity index (χ0v) is 7.73. The van der Waals surface area contributed by atoms with Crippen LogP contribution in [0.5, 0.6) is 0 Å². The van der Waals surface area contributed by atoms with Crippen LogP contribution in [0.3, 0.4) is 0 Å². The summed E-state index contributed by atoms with van der Waals surface area (Å²) in [6.07, 6.45) is 0.739. The Morgan fingerprint density at radius 1 is 1.38 bits per heavy atom. The van der Waals surface area contributed by atoms with Gasteiger partial charge in [0.15, 0.2) is 5.78 Å². The van der Waals surface area contributed by atoms with E-state index in [1.165, 1.54) is 0 Å². The van der Waals surface area contributed by atoms with Gasteiger partial charge in [-0.2, -0.15) is 0 Å². The average Bonchev–Trinajstić information content (AvgIpc) is 2.20. The van der Waals surface area contributed by atoms with Crippen LogP contribution in [0.25, 0.3) is 0 Å². The lowest BCUT2D eigenvalue weighted by atomic mass is 9.93. The summed E-state index contributed by atoms with van der Waals surface area (Å²) in [6.45, 7) is 1.58. The molecule has 0 heterocycles. The molecule has 0 amide bonds. The van der Waals surface area contributed by atoms with E-state index in [0.717, 1.165) is 12.0 Å². The summed E-state index contributed by atoms with van der Waals surface area (Å²) in [5.74, 6) is -0.250. The number of hydrogen-bond donors (Lipinski definition) is 1. The Labute approximate surface area is 78.2 Å². The minimum absolute atomic E-state index is 0.103. The Morgan fingerprint density at radius 3 is 2.46 bits per heavy atom. The topological polar surface area (TPSA) is 37.3 Å². The molecule has 1 rings (SSSR count). The second kappa shape index (κ2) is 4.77. The standard InChI is InChI=1S/C11H14O2/c1-2-10(11(13)8-12)9-6-4-3-5-7-9/h3-7,10,12H,2,8H2,1H3. The van der Waals surface area contributed by atoms with Crippen molar-refractivity contribution in [2.75, 3.05) is 6.61 Å². The Bertz CT molecular complexity index is 267. The summed E-state index contributed by atoms with van der Waals surface area (Å²) < 4.78 is 0. The number of aliphatic hydroxyl groups is 1. The summed E-state index contributed by atoms with van der Waals surface area (Å²) in [7, 11) is 0. The molecule has 70 valence electrons. The predicted molar refractivity (Wildman–Crippen MR) is 51.6 cm³/mol. The fraction of sp³-hybridized carbons (Fsp3) is 0.364. The third kappa shape index (κ3) is 2.39. The summed E-state index contributed by atoms with van der Waals surface area (Å²) in [6, 6.07) is 9.56. The van der Waals surface area contributed by atoms with Gasteiger partial charge in [-0.25, -0.2) is 0 Å². The molecule has 0 spiro atoms. The average molecular weight is 178 g/mol. The number of ketones is 1. The molecule has 1 atom stereocenters. The highest BCUT2D eigenvalue weighted by atomic mass is 16.3. The fourth-order valence-corrected chi connectivity index (χ4v) is 1.44. The van der Waals surface area contributed by atoms with E-state index in [-0.39, 0.29) is 18.3 Å². The van der Waals surface area contributed by atoms with Gasteiger partial charge in [-0.15, -0.1) is 0 Å². The Balaban J connectivity index is 2.85. The van der Waals surface area contributed by atoms with Gasteiger partial charge in [0.25, 0.3) is 0 Å². The number of carbonyl (C=O) groups is 1. The summed E-state index contributed by atoms with van der Waals surface area (Å²) in [4.78, 5) is 11.3. The van der Waals surface area contributed by atoms with Crippen LogP contribution in [0.15, 0.2) is 30.3 Å². The van der Waals surface area contributed by atoms with E-state index in [1.807, 2.05) is 37.3 Å². The van der Waals surface area contributed by atoms with Crippen LogP contribution >= 0.6 is 0 Å². The lowest BCUT2D eigenvalue weighted by molar-refractivity contribution is -0.123.